The molecule has 3 amide bonds. The van der Waals surface area contributed by atoms with Gasteiger partial charge in [-0.1, -0.05) is 42.5 Å². The van der Waals surface area contributed by atoms with Gasteiger partial charge in [-0.3, -0.25) is 14.4 Å². The molecule has 2 N–H and O–H groups in total. The van der Waals surface area contributed by atoms with Gasteiger partial charge in [0.05, 0.1) is 12.5 Å². The van der Waals surface area contributed by atoms with Crippen molar-refractivity contribution in [3.05, 3.63) is 65.7 Å². The van der Waals surface area contributed by atoms with Gasteiger partial charge in [-0.25, -0.2) is 4.79 Å². The number of phenols is 1. The first-order chi connectivity index (χ1) is 15.3. The number of hydrogen-bond acceptors (Lipinski definition) is 6. The van der Waals surface area contributed by atoms with Crippen molar-refractivity contribution in [1.29, 1.82) is 0 Å². The Labute approximate surface area is 184 Å². The molecule has 2 unspecified atom stereocenters. The molecule has 2 aromatic rings. The van der Waals surface area contributed by atoms with E-state index in [2.05, 4.69) is 5.32 Å². The minimum atomic E-state index is -1.15. The van der Waals surface area contributed by atoms with Gasteiger partial charge in [0.15, 0.2) is 0 Å². The van der Waals surface area contributed by atoms with Crippen molar-refractivity contribution in [2.75, 3.05) is 6.54 Å². The van der Waals surface area contributed by atoms with E-state index < -0.39 is 36.0 Å². The summed E-state index contributed by atoms with van der Waals surface area (Å²) in [7, 11) is 0. The monoisotopic (exact) mass is 437 g/mol. The van der Waals surface area contributed by atoms with Gasteiger partial charge in [-0.2, -0.15) is 0 Å². The minimum Gasteiger partial charge on any atom is -0.508 e. The van der Waals surface area contributed by atoms with E-state index in [9.17, 15) is 24.3 Å². The molecule has 3 atom stereocenters. The standard InChI is InChI=1S/C23H23N3O6/c1-14(27)25-12-18-20(24-19(29)11-16-8-5-9-17(28)10-16)22(30)26(18)21(25)23(31)32-13-15-6-3-2-4-7-15/h2-10,18,20-21,28H,11-13H2,1H3,(H,24,29)/t18?,20-,21?/m0/s1. The molecule has 9 heteroatoms. The Bertz CT molecular complexity index is 1060. The Morgan fingerprint density at radius 3 is 2.50 bits per heavy atom. The van der Waals surface area contributed by atoms with E-state index in [0.29, 0.717) is 5.56 Å². The lowest BCUT2D eigenvalue weighted by Crippen LogP contribution is -2.71. The maximum Gasteiger partial charge on any atom is 0.350 e. The second-order valence-electron chi connectivity index (χ2n) is 7.84. The van der Waals surface area contributed by atoms with Gasteiger partial charge in [-0.05, 0) is 23.3 Å². The molecule has 0 saturated carbocycles. The summed E-state index contributed by atoms with van der Waals surface area (Å²) in [6.45, 7) is 1.48. The maximum absolute atomic E-state index is 12.8. The molecule has 9 nitrogen and oxygen atoms in total. The van der Waals surface area contributed by atoms with Gasteiger partial charge in [0.2, 0.25) is 23.9 Å². The van der Waals surface area contributed by atoms with Crippen LogP contribution in [0.4, 0.5) is 0 Å². The number of aromatic hydroxyl groups is 1. The average molecular weight is 437 g/mol. The molecule has 0 aliphatic carbocycles. The van der Waals surface area contributed by atoms with Crippen LogP contribution >= 0.6 is 0 Å². The van der Waals surface area contributed by atoms with Gasteiger partial charge in [0.25, 0.3) is 0 Å². The van der Waals surface area contributed by atoms with Gasteiger partial charge < -0.3 is 25.0 Å². The zero-order chi connectivity index (χ0) is 22.8. The summed E-state index contributed by atoms with van der Waals surface area (Å²) in [6, 6.07) is 14.1. The van der Waals surface area contributed by atoms with Crippen LogP contribution in [0.3, 0.4) is 0 Å². The SMILES string of the molecule is CC(=O)N1CC2[C@H](NC(=O)Cc3cccc(O)c3)C(=O)N2C1C(=O)OCc1ccccc1. The highest BCUT2D eigenvalue weighted by atomic mass is 16.5. The first-order valence-corrected chi connectivity index (χ1v) is 10.2. The molecule has 2 aliphatic heterocycles. The van der Waals surface area contributed by atoms with Crippen LogP contribution in [0.5, 0.6) is 5.75 Å². The van der Waals surface area contributed by atoms with Crippen LogP contribution in [0.25, 0.3) is 0 Å². The molecule has 2 heterocycles. The number of rotatable bonds is 6. The van der Waals surface area contributed by atoms with E-state index in [1.54, 1.807) is 24.3 Å². The lowest BCUT2D eigenvalue weighted by molar-refractivity contribution is -0.170. The largest absolute Gasteiger partial charge is 0.508 e. The maximum atomic E-state index is 12.8. The van der Waals surface area contributed by atoms with Crippen LogP contribution in [0.15, 0.2) is 54.6 Å². The van der Waals surface area contributed by atoms with Gasteiger partial charge in [0, 0.05) is 13.5 Å². The summed E-state index contributed by atoms with van der Waals surface area (Å²) < 4.78 is 5.36. The molecular formula is C23H23N3O6. The summed E-state index contributed by atoms with van der Waals surface area (Å²) >= 11 is 0. The molecule has 0 radical (unpaired) electrons. The zero-order valence-corrected chi connectivity index (χ0v) is 17.4. The molecule has 0 bridgehead atoms. The quantitative estimate of drug-likeness (QED) is 0.504. The third kappa shape index (κ3) is 4.14. The number of carbonyl (C=O) groups excluding carboxylic acids is 4. The van der Waals surface area contributed by atoms with Gasteiger partial charge >= 0.3 is 5.97 Å². The fourth-order valence-corrected chi connectivity index (χ4v) is 4.09. The third-order valence-corrected chi connectivity index (χ3v) is 5.64. The molecule has 2 saturated heterocycles. The fraction of sp³-hybridized carbons (Fsp3) is 0.304. The lowest BCUT2D eigenvalue weighted by Gasteiger charge is -2.43. The van der Waals surface area contributed by atoms with Gasteiger partial charge in [0.1, 0.15) is 18.4 Å². The zero-order valence-electron chi connectivity index (χ0n) is 17.4. The number of phenolic OH excluding ortho intramolecular Hbond substituents is 1. The van der Waals surface area contributed by atoms with Crippen molar-refractivity contribution in [2.45, 2.75) is 38.2 Å². The van der Waals surface area contributed by atoms with E-state index in [0.717, 1.165) is 5.56 Å². The van der Waals surface area contributed by atoms with Crippen LogP contribution in [-0.2, 0) is 36.9 Å². The predicted octanol–water partition coefficient (Wildman–Crippen LogP) is 0.562. The number of nitrogens with zero attached hydrogens (tertiary/aromatic N) is 2. The minimum absolute atomic E-state index is 0.0101. The second-order valence-corrected chi connectivity index (χ2v) is 7.84. The van der Waals surface area contributed by atoms with E-state index >= 15 is 0 Å². The number of amides is 3. The summed E-state index contributed by atoms with van der Waals surface area (Å²) in [4.78, 5) is 52.7. The Morgan fingerprint density at radius 1 is 1.09 bits per heavy atom. The van der Waals surface area contributed by atoms with Gasteiger partial charge in [-0.15, -0.1) is 0 Å². The van der Waals surface area contributed by atoms with Crippen molar-refractivity contribution in [3.63, 3.8) is 0 Å². The molecule has 4 rings (SSSR count). The molecule has 2 fully saturated rings. The highest BCUT2D eigenvalue weighted by Gasteiger charge is 2.60. The average Bonchev–Trinajstić information content (AvgIpc) is 3.13. The van der Waals surface area contributed by atoms with E-state index in [1.807, 2.05) is 18.2 Å². The number of esters is 1. The van der Waals surface area contributed by atoms with Crippen molar-refractivity contribution < 1.29 is 29.0 Å². The molecule has 2 aliphatic rings. The molecule has 0 aromatic heterocycles. The van der Waals surface area contributed by atoms with Crippen molar-refractivity contribution in [3.8, 4) is 5.75 Å². The topological polar surface area (TPSA) is 116 Å². The van der Waals surface area contributed by atoms with Crippen LogP contribution in [0, 0.1) is 0 Å². The number of nitrogens with one attached hydrogen (secondary N) is 1. The van der Waals surface area contributed by atoms with Crippen molar-refractivity contribution >= 4 is 23.7 Å². The summed E-state index contributed by atoms with van der Waals surface area (Å²) in [5, 5.41) is 12.2. The highest BCUT2D eigenvalue weighted by Crippen LogP contribution is 2.33. The van der Waals surface area contributed by atoms with Crippen LogP contribution in [0.1, 0.15) is 18.1 Å². The Kier molecular flexibility index (Phi) is 5.81. The molecular weight excluding hydrogens is 414 g/mol. The van der Waals surface area contributed by atoms with Crippen molar-refractivity contribution in [2.24, 2.45) is 0 Å². The van der Waals surface area contributed by atoms with Crippen LogP contribution in [-0.4, -0.2) is 63.4 Å². The molecule has 2 aromatic carbocycles. The number of ether oxygens (including phenoxy) is 1. The first kappa shape index (κ1) is 21.4. The Morgan fingerprint density at radius 2 is 1.81 bits per heavy atom. The fourth-order valence-electron chi connectivity index (χ4n) is 4.09. The third-order valence-electron chi connectivity index (χ3n) is 5.64. The Hall–Kier alpha value is -3.88. The molecule has 32 heavy (non-hydrogen) atoms. The summed E-state index contributed by atoms with van der Waals surface area (Å²) in [5.74, 6) is -1.84. The number of hydrogen-bond donors (Lipinski definition) is 2. The first-order valence-electron chi connectivity index (χ1n) is 10.2. The highest BCUT2D eigenvalue weighted by molar-refractivity contribution is 5.99. The number of fused-ring (bicyclic) bond motifs is 1. The van der Waals surface area contributed by atoms with Crippen LogP contribution < -0.4 is 5.32 Å². The summed E-state index contributed by atoms with van der Waals surface area (Å²) in [5.41, 5.74) is 1.39. The normalized spacial score (nSPS) is 21.5. The molecule has 166 valence electrons. The second kappa shape index (κ2) is 8.70. The molecule has 0 spiro atoms. The Balaban J connectivity index is 1.41. The smallest absolute Gasteiger partial charge is 0.350 e. The lowest BCUT2D eigenvalue weighted by atomic mass is 9.96. The predicted molar refractivity (Wildman–Crippen MR) is 112 cm³/mol. The number of benzene rings is 2. The number of β-lactam (4-membered cyclic amide) rings is 1. The van der Waals surface area contributed by atoms with E-state index in [4.69, 9.17) is 4.74 Å². The number of carbonyl (C=O) groups is 4. The van der Waals surface area contributed by atoms with E-state index in [-0.39, 0.29) is 31.2 Å². The van der Waals surface area contributed by atoms with E-state index in [1.165, 1.54) is 28.9 Å². The summed E-state index contributed by atoms with van der Waals surface area (Å²) in [6.07, 6.45) is -1.16. The van der Waals surface area contributed by atoms with Crippen molar-refractivity contribution in [1.82, 2.24) is 15.1 Å². The van der Waals surface area contributed by atoms with Crippen LogP contribution in [0.2, 0.25) is 0 Å².